The third kappa shape index (κ3) is 1.67. The molecule has 1 aliphatic rings. The van der Waals surface area contributed by atoms with Gasteiger partial charge in [-0.15, -0.1) is 0 Å². The second-order valence-electron chi connectivity index (χ2n) is 4.02. The zero-order valence-electron chi connectivity index (χ0n) is 9.43. The molecule has 3 rings (SSSR count). The molecule has 1 aromatic heterocycles. The van der Waals surface area contributed by atoms with Crippen LogP contribution in [0.15, 0.2) is 30.5 Å². The Labute approximate surface area is 99.0 Å². The second-order valence-corrected chi connectivity index (χ2v) is 4.02. The number of rotatable bonds is 1. The molecule has 0 bridgehead atoms. The Hall–Kier alpha value is -2.23. The number of nitrogens with two attached hydrogens (primary N) is 1. The lowest BCUT2D eigenvalue weighted by molar-refractivity contribution is 0.174. The van der Waals surface area contributed by atoms with Gasteiger partial charge in [-0.05, 0) is 36.8 Å². The maximum atomic E-state index is 5.96. The topological polar surface area (TPSA) is 57.4 Å². The van der Waals surface area contributed by atoms with Gasteiger partial charge in [-0.25, -0.2) is 0 Å². The number of nitrogen functional groups attached to an aromatic ring is 1. The third-order valence-corrected chi connectivity index (χ3v) is 2.70. The van der Waals surface area contributed by atoms with E-state index in [0.717, 1.165) is 28.3 Å². The van der Waals surface area contributed by atoms with E-state index in [0.29, 0.717) is 5.69 Å². The molecule has 86 valence electrons. The van der Waals surface area contributed by atoms with E-state index in [9.17, 15) is 0 Å². The highest BCUT2D eigenvalue weighted by molar-refractivity contribution is 5.74. The number of anilines is 1. The molecule has 0 amide bonds. The highest BCUT2D eigenvalue weighted by Crippen LogP contribution is 2.36. The molecule has 4 nitrogen and oxygen atoms in total. The van der Waals surface area contributed by atoms with Crippen LogP contribution in [0.4, 0.5) is 5.69 Å². The van der Waals surface area contributed by atoms with Gasteiger partial charge in [0, 0.05) is 11.8 Å². The fraction of sp³-hybridized carbons (Fsp3) is 0.154. The average molecular weight is 228 g/mol. The minimum Gasteiger partial charge on any atom is -0.454 e. The van der Waals surface area contributed by atoms with Gasteiger partial charge in [0.1, 0.15) is 0 Å². The van der Waals surface area contributed by atoms with E-state index in [4.69, 9.17) is 15.2 Å². The average Bonchev–Trinajstić information content (AvgIpc) is 2.75. The quantitative estimate of drug-likeness (QED) is 0.814. The summed E-state index contributed by atoms with van der Waals surface area (Å²) in [5.74, 6) is 1.50. The van der Waals surface area contributed by atoms with Gasteiger partial charge in [-0.2, -0.15) is 0 Å². The monoisotopic (exact) mass is 228 g/mol. The van der Waals surface area contributed by atoms with Crippen molar-refractivity contribution in [1.82, 2.24) is 4.98 Å². The highest BCUT2D eigenvalue weighted by Gasteiger charge is 2.15. The summed E-state index contributed by atoms with van der Waals surface area (Å²) in [4.78, 5) is 4.35. The van der Waals surface area contributed by atoms with Crippen LogP contribution in [-0.2, 0) is 0 Å². The highest BCUT2D eigenvalue weighted by atomic mass is 16.7. The van der Waals surface area contributed by atoms with E-state index in [-0.39, 0.29) is 6.79 Å². The molecule has 2 heterocycles. The van der Waals surface area contributed by atoms with Crippen LogP contribution < -0.4 is 15.2 Å². The standard InChI is InChI=1S/C13H12N2O2/c1-8-4-10(14)13(15-6-8)9-2-3-11-12(5-9)17-7-16-11/h2-6H,7,14H2,1H3. The normalized spacial score (nSPS) is 12.8. The van der Waals surface area contributed by atoms with Gasteiger partial charge < -0.3 is 15.2 Å². The molecule has 2 aromatic rings. The molecule has 1 aromatic carbocycles. The van der Waals surface area contributed by atoms with Crippen LogP contribution in [0.25, 0.3) is 11.3 Å². The van der Waals surface area contributed by atoms with E-state index in [1.165, 1.54) is 0 Å². The minimum atomic E-state index is 0.273. The number of aromatic nitrogens is 1. The van der Waals surface area contributed by atoms with Gasteiger partial charge in [0.05, 0.1) is 11.4 Å². The zero-order valence-corrected chi connectivity index (χ0v) is 9.43. The molecule has 0 aliphatic carbocycles. The molecule has 0 atom stereocenters. The van der Waals surface area contributed by atoms with Crippen LogP contribution in [-0.4, -0.2) is 11.8 Å². The van der Waals surface area contributed by atoms with Crippen LogP contribution in [0, 0.1) is 6.92 Å². The minimum absolute atomic E-state index is 0.273. The molecular formula is C13H12N2O2. The Balaban J connectivity index is 2.09. The molecule has 0 radical (unpaired) electrons. The van der Waals surface area contributed by atoms with Gasteiger partial charge in [0.25, 0.3) is 0 Å². The first-order valence-corrected chi connectivity index (χ1v) is 5.36. The van der Waals surface area contributed by atoms with E-state index in [1.807, 2.05) is 31.2 Å². The molecule has 0 spiro atoms. The van der Waals surface area contributed by atoms with E-state index >= 15 is 0 Å². The summed E-state index contributed by atoms with van der Waals surface area (Å²) in [5, 5.41) is 0. The SMILES string of the molecule is Cc1cnc(-c2ccc3c(c2)OCO3)c(N)c1. The van der Waals surface area contributed by atoms with Gasteiger partial charge >= 0.3 is 0 Å². The number of hydrogen-bond acceptors (Lipinski definition) is 4. The lowest BCUT2D eigenvalue weighted by Crippen LogP contribution is -1.94. The number of aryl methyl sites for hydroxylation is 1. The summed E-state index contributed by atoms with van der Waals surface area (Å²) in [7, 11) is 0. The summed E-state index contributed by atoms with van der Waals surface area (Å²) < 4.78 is 10.6. The Kier molecular flexibility index (Phi) is 2.14. The van der Waals surface area contributed by atoms with Crippen LogP contribution >= 0.6 is 0 Å². The van der Waals surface area contributed by atoms with Crippen molar-refractivity contribution in [3.05, 3.63) is 36.0 Å². The second kappa shape index (κ2) is 3.66. The third-order valence-electron chi connectivity index (χ3n) is 2.70. The summed E-state index contributed by atoms with van der Waals surface area (Å²) in [6.07, 6.45) is 1.80. The Bertz CT molecular complexity index is 582. The van der Waals surface area contributed by atoms with Crippen molar-refractivity contribution < 1.29 is 9.47 Å². The molecule has 2 N–H and O–H groups in total. The first-order valence-electron chi connectivity index (χ1n) is 5.36. The lowest BCUT2D eigenvalue weighted by Gasteiger charge is -2.06. The first kappa shape index (κ1) is 9.96. The van der Waals surface area contributed by atoms with Crippen molar-refractivity contribution in [1.29, 1.82) is 0 Å². The summed E-state index contributed by atoms with van der Waals surface area (Å²) >= 11 is 0. The van der Waals surface area contributed by atoms with Crippen LogP contribution in [0.1, 0.15) is 5.56 Å². The number of benzene rings is 1. The number of fused-ring (bicyclic) bond motifs is 1. The molecule has 1 aliphatic heterocycles. The van der Waals surface area contributed by atoms with E-state index < -0.39 is 0 Å². The predicted molar refractivity (Wildman–Crippen MR) is 64.9 cm³/mol. The molecule has 0 saturated heterocycles. The Morgan fingerprint density at radius 2 is 2.00 bits per heavy atom. The van der Waals surface area contributed by atoms with Crippen molar-refractivity contribution in [2.24, 2.45) is 0 Å². The van der Waals surface area contributed by atoms with Crippen LogP contribution in [0.3, 0.4) is 0 Å². The van der Waals surface area contributed by atoms with E-state index in [2.05, 4.69) is 4.98 Å². The lowest BCUT2D eigenvalue weighted by atomic mass is 10.1. The fourth-order valence-corrected chi connectivity index (χ4v) is 1.88. The summed E-state index contributed by atoms with van der Waals surface area (Å²) in [6.45, 7) is 2.24. The van der Waals surface area contributed by atoms with Crippen molar-refractivity contribution in [2.75, 3.05) is 12.5 Å². The van der Waals surface area contributed by atoms with Gasteiger partial charge in [0.2, 0.25) is 6.79 Å². The summed E-state index contributed by atoms with van der Waals surface area (Å²) in [6, 6.07) is 7.61. The molecule has 0 unspecified atom stereocenters. The van der Waals surface area contributed by atoms with Crippen molar-refractivity contribution in [3.8, 4) is 22.8 Å². The largest absolute Gasteiger partial charge is 0.454 e. The number of ether oxygens (including phenoxy) is 2. The molecular weight excluding hydrogens is 216 g/mol. The Morgan fingerprint density at radius 1 is 1.18 bits per heavy atom. The van der Waals surface area contributed by atoms with Gasteiger partial charge in [0.15, 0.2) is 11.5 Å². The maximum Gasteiger partial charge on any atom is 0.231 e. The number of nitrogens with zero attached hydrogens (tertiary/aromatic N) is 1. The van der Waals surface area contributed by atoms with Crippen LogP contribution in [0.2, 0.25) is 0 Å². The predicted octanol–water partition coefficient (Wildman–Crippen LogP) is 2.37. The first-order chi connectivity index (χ1) is 8.24. The molecule has 0 saturated carbocycles. The van der Waals surface area contributed by atoms with Crippen molar-refractivity contribution in [3.63, 3.8) is 0 Å². The van der Waals surface area contributed by atoms with Crippen molar-refractivity contribution in [2.45, 2.75) is 6.92 Å². The van der Waals surface area contributed by atoms with Gasteiger partial charge in [-0.3, -0.25) is 4.98 Å². The molecule has 0 fully saturated rings. The van der Waals surface area contributed by atoms with Crippen molar-refractivity contribution >= 4 is 5.69 Å². The zero-order chi connectivity index (χ0) is 11.8. The number of hydrogen-bond donors (Lipinski definition) is 1. The van der Waals surface area contributed by atoms with E-state index in [1.54, 1.807) is 6.20 Å². The maximum absolute atomic E-state index is 5.96. The Morgan fingerprint density at radius 3 is 2.82 bits per heavy atom. The number of pyridine rings is 1. The van der Waals surface area contributed by atoms with Gasteiger partial charge in [-0.1, -0.05) is 0 Å². The fourth-order valence-electron chi connectivity index (χ4n) is 1.88. The van der Waals surface area contributed by atoms with Crippen LogP contribution in [0.5, 0.6) is 11.5 Å². The smallest absolute Gasteiger partial charge is 0.231 e. The molecule has 17 heavy (non-hydrogen) atoms. The molecule has 4 heteroatoms. The summed E-state index contributed by atoms with van der Waals surface area (Å²) in [5.41, 5.74) is 9.39.